The number of anilines is 1. The second-order valence-electron chi connectivity index (χ2n) is 6.73. The van der Waals surface area contributed by atoms with Crippen molar-refractivity contribution < 1.29 is 9.32 Å². The maximum Gasteiger partial charge on any atom is 0.254 e. The molecule has 0 unspecified atom stereocenters. The van der Waals surface area contributed by atoms with Gasteiger partial charge in [-0.15, -0.1) is 0 Å². The van der Waals surface area contributed by atoms with Crippen molar-refractivity contribution in [3.05, 3.63) is 35.6 Å². The normalized spacial score (nSPS) is 25.8. The molecule has 4 rings (SSSR count). The summed E-state index contributed by atoms with van der Waals surface area (Å²) in [6.07, 6.45) is 5.09. The van der Waals surface area contributed by atoms with Crippen molar-refractivity contribution in [3.63, 3.8) is 0 Å². The van der Waals surface area contributed by atoms with Crippen LogP contribution in [0.15, 0.2) is 22.9 Å². The van der Waals surface area contributed by atoms with E-state index in [0.29, 0.717) is 17.3 Å². The van der Waals surface area contributed by atoms with Crippen LogP contribution in [0.2, 0.25) is 0 Å². The van der Waals surface area contributed by atoms with Crippen LogP contribution in [-0.4, -0.2) is 41.2 Å². The highest BCUT2D eigenvalue weighted by atomic mass is 16.5. The van der Waals surface area contributed by atoms with E-state index in [4.69, 9.17) is 4.52 Å². The van der Waals surface area contributed by atoms with Crippen molar-refractivity contribution in [2.24, 2.45) is 5.92 Å². The molecule has 1 amide bonds. The average molecular weight is 327 g/mol. The summed E-state index contributed by atoms with van der Waals surface area (Å²) in [7, 11) is 1.64. The minimum absolute atomic E-state index is 0.112. The first kappa shape index (κ1) is 15.1. The van der Waals surface area contributed by atoms with Crippen molar-refractivity contribution in [3.8, 4) is 0 Å². The van der Waals surface area contributed by atoms with Crippen LogP contribution in [0, 0.1) is 12.8 Å². The van der Waals surface area contributed by atoms with Gasteiger partial charge in [0.2, 0.25) is 5.89 Å². The number of nitrogens with one attached hydrogen (secondary N) is 1. The zero-order chi connectivity index (χ0) is 16.7. The summed E-state index contributed by atoms with van der Waals surface area (Å²) in [5.74, 6) is 2.49. The van der Waals surface area contributed by atoms with Crippen LogP contribution in [-0.2, 0) is 5.41 Å². The van der Waals surface area contributed by atoms with Gasteiger partial charge in [-0.2, -0.15) is 4.98 Å². The van der Waals surface area contributed by atoms with Crippen LogP contribution in [0.1, 0.15) is 41.3 Å². The van der Waals surface area contributed by atoms with Gasteiger partial charge in [-0.3, -0.25) is 4.79 Å². The standard InChI is InChI=1S/C17H21N5O2/c1-11-20-16(24-21-11)17-7-3-5-12(17)9-22(10-17)14-13(15(23)18-2)6-4-8-19-14/h4,6,8,12H,3,5,7,9-10H2,1-2H3,(H,18,23)/t12-,17-/m0/s1. The fourth-order valence-corrected chi connectivity index (χ4v) is 4.26. The lowest BCUT2D eigenvalue weighted by Crippen LogP contribution is -2.33. The summed E-state index contributed by atoms with van der Waals surface area (Å²) < 4.78 is 5.55. The second-order valence-corrected chi connectivity index (χ2v) is 6.73. The largest absolute Gasteiger partial charge is 0.355 e. The first-order chi connectivity index (χ1) is 11.6. The first-order valence-corrected chi connectivity index (χ1v) is 8.37. The van der Waals surface area contributed by atoms with Crippen molar-refractivity contribution in [1.82, 2.24) is 20.4 Å². The minimum atomic E-state index is -0.113. The molecule has 24 heavy (non-hydrogen) atoms. The monoisotopic (exact) mass is 327 g/mol. The molecular formula is C17H21N5O2. The Balaban J connectivity index is 1.70. The Bertz CT molecular complexity index is 774. The van der Waals surface area contributed by atoms with Gasteiger partial charge in [0, 0.05) is 26.3 Å². The molecule has 2 atom stereocenters. The van der Waals surface area contributed by atoms with E-state index in [-0.39, 0.29) is 11.3 Å². The maximum absolute atomic E-state index is 12.2. The molecule has 3 heterocycles. The topological polar surface area (TPSA) is 84.2 Å². The maximum atomic E-state index is 12.2. The molecule has 7 heteroatoms. The molecule has 0 spiro atoms. The Labute approximate surface area is 140 Å². The van der Waals surface area contributed by atoms with E-state index >= 15 is 0 Å². The third-order valence-corrected chi connectivity index (χ3v) is 5.38. The molecule has 2 aromatic rings. The number of pyridine rings is 1. The summed E-state index contributed by atoms with van der Waals surface area (Å²) in [4.78, 5) is 23.4. The molecule has 1 aliphatic heterocycles. The lowest BCUT2D eigenvalue weighted by molar-refractivity contribution is 0.0963. The van der Waals surface area contributed by atoms with E-state index in [1.807, 2.05) is 13.0 Å². The van der Waals surface area contributed by atoms with Gasteiger partial charge in [-0.05, 0) is 37.8 Å². The first-order valence-electron chi connectivity index (χ1n) is 8.37. The third kappa shape index (κ3) is 2.18. The predicted molar refractivity (Wildman–Crippen MR) is 87.9 cm³/mol. The lowest BCUT2D eigenvalue weighted by Gasteiger charge is -2.25. The Morgan fingerprint density at radius 3 is 3.12 bits per heavy atom. The molecule has 2 aromatic heterocycles. The van der Waals surface area contributed by atoms with Gasteiger partial charge in [0.1, 0.15) is 5.82 Å². The van der Waals surface area contributed by atoms with Crippen LogP contribution < -0.4 is 10.2 Å². The summed E-state index contributed by atoms with van der Waals surface area (Å²) in [5.41, 5.74) is 0.496. The van der Waals surface area contributed by atoms with Crippen molar-refractivity contribution in [2.75, 3.05) is 25.0 Å². The number of aryl methyl sites for hydroxylation is 1. The van der Waals surface area contributed by atoms with Crippen LogP contribution >= 0.6 is 0 Å². The highest BCUT2D eigenvalue weighted by molar-refractivity contribution is 5.98. The van der Waals surface area contributed by atoms with Crippen molar-refractivity contribution in [2.45, 2.75) is 31.6 Å². The Morgan fingerprint density at radius 1 is 1.50 bits per heavy atom. The number of rotatable bonds is 3. The molecule has 1 saturated heterocycles. The molecule has 2 fully saturated rings. The SMILES string of the molecule is CNC(=O)c1cccnc1N1C[C@@H]2CCC[C@]2(c2nc(C)no2)C1. The van der Waals surface area contributed by atoms with E-state index in [2.05, 4.69) is 25.3 Å². The van der Waals surface area contributed by atoms with Crippen LogP contribution in [0.4, 0.5) is 5.82 Å². The number of carbonyl (C=O) groups excluding carboxylic acids is 1. The highest BCUT2D eigenvalue weighted by Crippen LogP contribution is 2.50. The fourth-order valence-electron chi connectivity index (χ4n) is 4.26. The Kier molecular flexibility index (Phi) is 3.51. The van der Waals surface area contributed by atoms with Crippen molar-refractivity contribution >= 4 is 11.7 Å². The highest BCUT2D eigenvalue weighted by Gasteiger charge is 2.54. The van der Waals surface area contributed by atoms with E-state index < -0.39 is 0 Å². The summed E-state index contributed by atoms with van der Waals surface area (Å²) in [6, 6.07) is 3.61. The molecule has 0 radical (unpaired) electrons. The number of carbonyl (C=O) groups is 1. The number of amides is 1. The predicted octanol–water partition coefficient (Wildman–Crippen LogP) is 1.69. The van der Waals surface area contributed by atoms with Crippen LogP contribution in [0.3, 0.4) is 0 Å². The van der Waals surface area contributed by atoms with Gasteiger partial charge in [-0.1, -0.05) is 11.6 Å². The van der Waals surface area contributed by atoms with E-state index in [0.717, 1.165) is 37.6 Å². The molecule has 1 N–H and O–H groups in total. The molecule has 0 aromatic carbocycles. The molecule has 0 bridgehead atoms. The Morgan fingerprint density at radius 2 is 2.38 bits per heavy atom. The second kappa shape index (κ2) is 5.58. The number of nitrogens with zero attached hydrogens (tertiary/aromatic N) is 4. The molecule has 7 nitrogen and oxygen atoms in total. The number of hydrogen-bond acceptors (Lipinski definition) is 6. The van der Waals surface area contributed by atoms with Gasteiger partial charge in [0.25, 0.3) is 5.91 Å². The summed E-state index contributed by atoms with van der Waals surface area (Å²) in [5, 5.41) is 6.68. The Hall–Kier alpha value is -2.44. The average Bonchev–Trinajstić information content (AvgIpc) is 3.27. The van der Waals surface area contributed by atoms with Gasteiger partial charge in [0.15, 0.2) is 5.82 Å². The quantitative estimate of drug-likeness (QED) is 0.923. The van der Waals surface area contributed by atoms with E-state index in [9.17, 15) is 4.79 Å². The lowest BCUT2D eigenvalue weighted by atomic mass is 9.80. The molecule has 126 valence electrons. The summed E-state index contributed by atoms with van der Waals surface area (Å²) in [6.45, 7) is 3.48. The fraction of sp³-hybridized carbons (Fsp3) is 0.529. The van der Waals surface area contributed by atoms with Crippen molar-refractivity contribution in [1.29, 1.82) is 0 Å². The zero-order valence-electron chi connectivity index (χ0n) is 14.0. The number of hydrogen-bond donors (Lipinski definition) is 1. The van der Waals surface area contributed by atoms with Crippen LogP contribution in [0.5, 0.6) is 0 Å². The number of aromatic nitrogens is 3. The smallest absolute Gasteiger partial charge is 0.254 e. The number of fused-ring (bicyclic) bond motifs is 1. The molecule has 2 aliphatic rings. The van der Waals surface area contributed by atoms with E-state index in [1.54, 1.807) is 19.3 Å². The molecular weight excluding hydrogens is 306 g/mol. The molecule has 1 aliphatic carbocycles. The van der Waals surface area contributed by atoms with Crippen LogP contribution in [0.25, 0.3) is 0 Å². The zero-order valence-corrected chi connectivity index (χ0v) is 14.0. The van der Waals surface area contributed by atoms with Gasteiger partial charge < -0.3 is 14.7 Å². The molecule has 1 saturated carbocycles. The van der Waals surface area contributed by atoms with Gasteiger partial charge >= 0.3 is 0 Å². The minimum Gasteiger partial charge on any atom is -0.355 e. The third-order valence-electron chi connectivity index (χ3n) is 5.38. The summed E-state index contributed by atoms with van der Waals surface area (Å²) >= 11 is 0. The van der Waals surface area contributed by atoms with Gasteiger partial charge in [0.05, 0.1) is 11.0 Å². The van der Waals surface area contributed by atoms with Gasteiger partial charge in [-0.25, -0.2) is 4.98 Å². The van der Waals surface area contributed by atoms with E-state index in [1.165, 1.54) is 6.42 Å².